The lowest BCUT2D eigenvalue weighted by Crippen LogP contribution is -2.29. The van der Waals surface area contributed by atoms with Crippen LogP contribution in [0.15, 0.2) is 84.4 Å². The van der Waals surface area contributed by atoms with Crippen molar-refractivity contribution in [2.75, 3.05) is 12.0 Å². The van der Waals surface area contributed by atoms with E-state index in [4.69, 9.17) is 4.74 Å². The number of aryl methyl sites for hydroxylation is 1. The Morgan fingerprint density at radius 3 is 2.27 bits per heavy atom. The van der Waals surface area contributed by atoms with Crippen molar-refractivity contribution in [2.24, 2.45) is 0 Å². The van der Waals surface area contributed by atoms with Crippen molar-refractivity contribution >= 4 is 23.1 Å². The summed E-state index contributed by atoms with van der Waals surface area (Å²) in [4.78, 5) is 27.6. The third kappa shape index (κ3) is 3.35. The summed E-state index contributed by atoms with van der Waals surface area (Å²) in [6.07, 6.45) is 0. The van der Waals surface area contributed by atoms with E-state index in [0.717, 1.165) is 11.1 Å². The number of ether oxygens (including phenoxy) is 1. The Bertz CT molecular complexity index is 1130. The second kappa shape index (κ2) is 7.87. The molecule has 0 radical (unpaired) electrons. The van der Waals surface area contributed by atoms with Crippen LogP contribution in [-0.4, -0.2) is 23.9 Å². The number of carbonyl (C=O) groups is 2. The van der Waals surface area contributed by atoms with Crippen LogP contribution in [0.3, 0.4) is 0 Å². The van der Waals surface area contributed by atoms with E-state index in [1.165, 1.54) is 4.90 Å². The molecule has 30 heavy (non-hydrogen) atoms. The Labute approximate surface area is 174 Å². The molecular formula is C25H21NO4. The standard InChI is InChI=1S/C25H21NO4/c1-16-7-6-10-18(15-16)22-21(23(27)17-8-4-3-5-9-17)24(28)25(29)26(22)19-11-13-20(30-2)14-12-19/h3-15,22,27H,1-2H3/b23-21-. The number of amides is 1. The number of ketones is 1. The summed E-state index contributed by atoms with van der Waals surface area (Å²) >= 11 is 0. The molecule has 150 valence electrons. The molecule has 3 aromatic rings. The number of hydrogen-bond acceptors (Lipinski definition) is 4. The molecule has 1 N–H and O–H groups in total. The van der Waals surface area contributed by atoms with Gasteiger partial charge in [0.25, 0.3) is 11.7 Å². The van der Waals surface area contributed by atoms with Crippen molar-refractivity contribution in [3.63, 3.8) is 0 Å². The van der Waals surface area contributed by atoms with Gasteiger partial charge in [-0.1, -0.05) is 60.2 Å². The molecule has 1 aliphatic rings. The molecule has 1 heterocycles. The highest BCUT2D eigenvalue weighted by molar-refractivity contribution is 6.51. The summed E-state index contributed by atoms with van der Waals surface area (Å²) in [5, 5.41) is 11.0. The van der Waals surface area contributed by atoms with E-state index in [2.05, 4.69) is 0 Å². The van der Waals surface area contributed by atoms with E-state index in [-0.39, 0.29) is 11.3 Å². The minimum Gasteiger partial charge on any atom is -0.507 e. The van der Waals surface area contributed by atoms with E-state index in [0.29, 0.717) is 17.0 Å². The molecule has 1 unspecified atom stereocenters. The predicted molar refractivity (Wildman–Crippen MR) is 115 cm³/mol. The molecule has 1 amide bonds. The lowest BCUT2D eigenvalue weighted by molar-refractivity contribution is -0.132. The fourth-order valence-corrected chi connectivity index (χ4v) is 3.75. The van der Waals surface area contributed by atoms with E-state index < -0.39 is 17.7 Å². The minimum absolute atomic E-state index is 0.0765. The molecule has 0 aliphatic carbocycles. The topological polar surface area (TPSA) is 66.8 Å². The lowest BCUT2D eigenvalue weighted by atomic mass is 9.94. The average molecular weight is 399 g/mol. The minimum atomic E-state index is -0.737. The van der Waals surface area contributed by atoms with Crippen LogP contribution < -0.4 is 9.64 Å². The normalized spacial score (nSPS) is 17.9. The summed E-state index contributed by atoms with van der Waals surface area (Å²) in [5.74, 6) is -0.925. The first-order chi connectivity index (χ1) is 14.5. The van der Waals surface area contributed by atoms with E-state index in [9.17, 15) is 14.7 Å². The van der Waals surface area contributed by atoms with E-state index in [1.807, 2.05) is 37.3 Å². The van der Waals surface area contributed by atoms with Gasteiger partial charge in [-0.3, -0.25) is 14.5 Å². The molecule has 0 spiro atoms. The third-order valence-electron chi connectivity index (χ3n) is 5.20. The quantitative estimate of drug-likeness (QED) is 0.395. The zero-order chi connectivity index (χ0) is 21.3. The highest BCUT2D eigenvalue weighted by Crippen LogP contribution is 2.42. The number of aliphatic hydroxyl groups excluding tert-OH is 1. The maximum absolute atomic E-state index is 13.1. The Kier molecular flexibility index (Phi) is 5.11. The number of benzene rings is 3. The molecule has 3 aromatic carbocycles. The second-order valence-electron chi connectivity index (χ2n) is 7.15. The third-order valence-corrected chi connectivity index (χ3v) is 5.20. The van der Waals surface area contributed by atoms with Crippen LogP contribution in [0.5, 0.6) is 5.75 Å². The molecule has 1 fully saturated rings. The van der Waals surface area contributed by atoms with Gasteiger partial charge < -0.3 is 9.84 Å². The second-order valence-corrected chi connectivity index (χ2v) is 7.15. The summed E-state index contributed by atoms with van der Waals surface area (Å²) in [6.45, 7) is 1.94. The van der Waals surface area contributed by atoms with Gasteiger partial charge in [-0.2, -0.15) is 0 Å². The Hall–Kier alpha value is -3.86. The number of rotatable bonds is 4. The van der Waals surface area contributed by atoms with Crippen LogP contribution in [-0.2, 0) is 9.59 Å². The number of aliphatic hydroxyl groups is 1. The van der Waals surface area contributed by atoms with Crippen molar-refractivity contribution < 1.29 is 19.4 Å². The Balaban J connectivity index is 1.93. The molecule has 4 rings (SSSR count). The summed E-state index contributed by atoms with van der Waals surface area (Å²) in [6, 6.07) is 22.6. The smallest absolute Gasteiger partial charge is 0.300 e. The van der Waals surface area contributed by atoms with Crippen LogP contribution >= 0.6 is 0 Å². The van der Waals surface area contributed by atoms with Crippen LogP contribution in [0.1, 0.15) is 22.7 Å². The number of carbonyl (C=O) groups excluding carboxylic acids is 2. The zero-order valence-corrected chi connectivity index (χ0v) is 16.7. The summed E-state index contributed by atoms with van der Waals surface area (Å²) in [5.41, 5.74) is 2.86. The first-order valence-corrected chi connectivity index (χ1v) is 9.58. The molecule has 5 heteroatoms. The highest BCUT2D eigenvalue weighted by Gasteiger charge is 2.46. The molecule has 0 bridgehead atoms. The van der Waals surface area contributed by atoms with E-state index in [1.54, 1.807) is 55.6 Å². The van der Waals surface area contributed by atoms with Gasteiger partial charge in [0.1, 0.15) is 11.5 Å². The molecule has 1 aliphatic heterocycles. The van der Waals surface area contributed by atoms with Gasteiger partial charge in [-0.25, -0.2) is 0 Å². The maximum atomic E-state index is 13.1. The fourth-order valence-electron chi connectivity index (χ4n) is 3.75. The molecule has 0 aromatic heterocycles. The number of Topliss-reactive ketones (excluding diaryl/α,β-unsaturated/α-hetero) is 1. The molecular weight excluding hydrogens is 378 g/mol. The largest absolute Gasteiger partial charge is 0.507 e. The van der Waals surface area contributed by atoms with Gasteiger partial charge in [0, 0.05) is 11.3 Å². The number of methoxy groups -OCH3 is 1. The van der Waals surface area contributed by atoms with Gasteiger partial charge in [0.15, 0.2) is 0 Å². The van der Waals surface area contributed by atoms with Crippen molar-refractivity contribution in [1.82, 2.24) is 0 Å². The number of anilines is 1. The van der Waals surface area contributed by atoms with Crippen LogP contribution in [0.4, 0.5) is 5.69 Å². The SMILES string of the molecule is COc1ccc(N2C(=O)C(=O)/C(=C(\O)c3ccccc3)C2c2cccc(C)c2)cc1. The summed E-state index contributed by atoms with van der Waals surface area (Å²) < 4.78 is 5.20. The number of hydrogen-bond donors (Lipinski definition) is 1. The van der Waals surface area contributed by atoms with Crippen molar-refractivity contribution in [1.29, 1.82) is 0 Å². The first-order valence-electron chi connectivity index (χ1n) is 9.58. The van der Waals surface area contributed by atoms with Crippen LogP contribution in [0, 0.1) is 6.92 Å². The molecule has 1 atom stereocenters. The van der Waals surface area contributed by atoms with Crippen LogP contribution in [0.2, 0.25) is 0 Å². The zero-order valence-electron chi connectivity index (χ0n) is 16.7. The van der Waals surface area contributed by atoms with Crippen molar-refractivity contribution in [2.45, 2.75) is 13.0 Å². The lowest BCUT2D eigenvalue weighted by Gasteiger charge is -2.25. The predicted octanol–water partition coefficient (Wildman–Crippen LogP) is 4.63. The molecule has 1 saturated heterocycles. The van der Waals surface area contributed by atoms with E-state index >= 15 is 0 Å². The Morgan fingerprint density at radius 2 is 1.63 bits per heavy atom. The average Bonchev–Trinajstić information content (AvgIpc) is 3.04. The van der Waals surface area contributed by atoms with Gasteiger partial charge in [-0.05, 0) is 36.8 Å². The Morgan fingerprint density at radius 1 is 0.933 bits per heavy atom. The monoisotopic (exact) mass is 399 g/mol. The maximum Gasteiger partial charge on any atom is 0.300 e. The fraction of sp³-hybridized carbons (Fsp3) is 0.120. The molecule has 5 nitrogen and oxygen atoms in total. The van der Waals surface area contributed by atoms with Gasteiger partial charge in [-0.15, -0.1) is 0 Å². The highest BCUT2D eigenvalue weighted by atomic mass is 16.5. The van der Waals surface area contributed by atoms with Crippen LogP contribution in [0.25, 0.3) is 5.76 Å². The number of nitrogens with zero attached hydrogens (tertiary/aromatic N) is 1. The first kappa shape index (κ1) is 19.5. The summed E-state index contributed by atoms with van der Waals surface area (Å²) in [7, 11) is 1.56. The van der Waals surface area contributed by atoms with Gasteiger partial charge in [0.05, 0.1) is 18.7 Å². The van der Waals surface area contributed by atoms with Gasteiger partial charge in [0.2, 0.25) is 0 Å². The van der Waals surface area contributed by atoms with Gasteiger partial charge >= 0.3 is 0 Å². The van der Waals surface area contributed by atoms with Crippen molar-refractivity contribution in [3.8, 4) is 5.75 Å². The molecule has 0 saturated carbocycles. The van der Waals surface area contributed by atoms with Crippen molar-refractivity contribution in [3.05, 3.63) is 101 Å².